The molecule has 0 bridgehead atoms. The molecule has 0 N–H and O–H groups in total. The van der Waals surface area contributed by atoms with Crippen LogP contribution in [0.1, 0.15) is 31.5 Å². The van der Waals surface area contributed by atoms with Gasteiger partial charge in [-0.25, -0.2) is 8.78 Å². The van der Waals surface area contributed by atoms with E-state index in [2.05, 4.69) is 14.9 Å². The van der Waals surface area contributed by atoms with Gasteiger partial charge >= 0.3 is 12.3 Å². The number of Topliss-reactive ketones (excluding diaryl/α,β-unsaturated/α-hetero) is 1. The Hall–Kier alpha value is -1.51. The van der Waals surface area contributed by atoms with Gasteiger partial charge in [-0.2, -0.15) is 13.8 Å². The maximum absolute atomic E-state index is 12.5. The third kappa shape index (κ3) is 5.24. The summed E-state index contributed by atoms with van der Waals surface area (Å²) >= 11 is 0. The lowest BCUT2D eigenvalue weighted by atomic mass is 10.2. The standard InChI is InChI=1S/C11H14F4N2O3/c1-2-3-7(18)4-9-16-8(17-20-9)5-19-6-11(14,15)10(12)13/h10H,2-6H2,1H3. The number of ketones is 1. The Morgan fingerprint density at radius 3 is 2.75 bits per heavy atom. The number of carbonyl (C=O) groups excluding carboxylic acids is 1. The van der Waals surface area contributed by atoms with Crippen molar-refractivity contribution in [2.45, 2.75) is 45.1 Å². The number of ether oxygens (including phenoxy) is 1. The molecule has 0 spiro atoms. The molecule has 0 aliphatic heterocycles. The predicted octanol–water partition coefficient (Wildman–Crippen LogP) is 2.40. The summed E-state index contributed by atoms with van der Waals surface area (Å²) in [6.45, 7) is -0.0920. The summed E-state index contributed by atoms with van der Waals surface area (Å²) in [6.07, 6.45) is -2.79. The zero-order valence-electron chi connectivity index (χ0n) is 10.7. The zero-order chi connectivity index (χ0) is 15.2. The average Bonchev–Trinajstić information content (AvgIpc) is 2.76. The Balaban J connectivity index is 2.39. The molecule has 0 atom stereocenters. The first-order valence-electron chi connectivity index (χ1n) is 5.92. The second-order valence-electron chi connectivity index (χ2n) is 4.12. The molecule has 0 unspecified atom stereocenters. The minimum absolute atomic E-state index is 0.0441. The van der Waals surface area contributed by atoms with Crippen molar-refractivity contribution >= 4 is 5.78 Å². The fourth-order valence-corrected chi connectivity index (χ4v) is 1.30. The van der Waals surface area contributed by atoms with Gasteiger partial charge in [0.1, 0.15) is 19.0 Å². The average molecular weight is 298 g/mol. The Labute approximate surface area is 112 Å². The highest BCUT2D eigenvalue weighted by atomic mass is 19.3. The molecular weight excluding hydrogens is 284 g/mol. The van der Waals surface area contributed by atoms with E-state index in [1.165, 1.54) is 0 Å². The molecule has 0 saturated carbocycles. The molecular formula is C11H14F4N2O3. The molecule has 5 nitrogen and oxygen atoms in total. The van der Waals surface area contributed by atoms with Gasteiger partial charge in [0.25, 0.3) is 0 Å². The van der Waals surface area contributed by atoms with Crippen molar-refractivity contribution in [3.05, 3.63) is 11.7 Å². The first-order valence-corrected chi connectivity index (χ1v) is 5.92. The normalized spacial score (nSPS) is 12.1. The van der Waals surface area contributed by atoms with Crippen molar-refractivity contribution < 1.29 is 31.6 Å². The topological polar surface area (TPSA) is 65.2 Å². The molecule has 114 valence electrons. The van der Waals surface area contributed by atoms with Crippen LogP contribution in [0.3, 0.4) is 0 Å². The Morgan fingerprint density at radius 2 is 2.15 bits per heavy atom. The molecule has 1 aromatic rings. The molecule has 9 heteroatoms. The fraction of sp³-hybridized carbons (Fsp3) is 0.727. The van der Waals surface area contributed by atoms with Crippen molar-refractivity contribution in [1.82, 2.24) is 10.1 Å². The number of aromatic nitrogens is 2. The number of nitrogens with zero attached hydrogens (tertiary/aromatic N) is 2. The molecule has 20 heavy (non-hydrogen) atoms. The minimum atomic E-state index is -4.22. The molecule has 1 heterocycles. The molecule has 0 amide bonds. The van der Waals surface area contributed by atoms with Crippen LogP contribution in [0.15, 0.2) is 4.52 Å². The lowest BCUT2D eigenvalue weighted by Crippen LogP contribution is -2.32. The van der Waals surface area contributed by atoms with Crippen molar-refractivity contribution in [3.63, 3.8) is 0 Å². The van der Waals surface area contributed by atoms with Gasteiger partial charge in [-0.15, -0.1) is 0 Å². The van der Waals surface area contributed by atoms with Crippen LogP contribution in [0, 0.1) is 0 Å². The lowest BCUT2D eigenvalue weighted by Gasteiger charge is -2.14. The van der Waals surface area contributed by atoms with E-state index in [1.807, 2.05) is 6.92 Å². The van der Waals surface area contributed by atoms with Crippen molar-refractivity contribution in [2.75, 3.05) is 6.61 Å². The number of halogens is 4. The third-order valence-electron chi connectivity index (χ3n) is 2.23. The van der Waals surface area contributed by atoms with Crippen LogP contribution in [-0.2, 0) is 22.6 Å². The number of alkyl halides is 4. The fourth-order valence-electron chi connectivity index (χ4n) is 1.30. The van der Waals surface area contributed by atoms with Gasteiger partial charge in [0.15, 0.2) is 5.82 Å². The van der Waals surface area contributed by atoms with E-state index in [9.17, 15) is 22.4 Å². The molecule has 0 fully saturated rings. The third-order valence-corrected chi connectivity index (χ3v) is 2.23. The highest BCUT2D eigenvalue weighted by Crippen LogP contribution is 2.23. The van der Waals surface area contributed by atoms with Crippen LogP contribution in [0.25, 0.3) is 0 Å². The second kappa shape index (κ2) is 7.32. The van der Waals surface area contributed by atoms with Gasteiger partial charge in [0, 0.05) is 6.42 Å². The maximum atomic E-state index is 12.5. The van der Waals surface area contributed by atoms with Crippen LogP contribution in [-0.4, -0.2) is 34.9 Å². The number of hydrogen-bond donors (Lipinski definition) is 0. The Bertz CT molecular complexity index is 437. The van der Waals surface area contributed by atoms with Crippen LogP contribution >= 0.6 is 0 Å². The lowest BCUT2D eigenvalue weighted by molar-refractivity contribution is -0.168. The second-order valence-corrected chi connectivity index (χ2v) is 4.12. The van der Waals surface area contributed by atoms with Crippen LogP contribution in [0.5, 0.6) is 0 Å². The highest BCUT2D eigenvalue weighted by molar-refractivity contribution is 5.79. The van der Waals surface area contributed by atoms with Gasteiger partial charge in [-0.3, -0.25) is 4.79 Å². The molecule has 1 rings (SSSR count). The number of rotatable bonds is 9. The van der Waals surface area contributed by atoms with E-state index in [-0.39, 0.29) is 23.9 Å². The first kappa shape index (κ1) is 16.5. The Morgan fingerprint density at radius 1 is 1.45 bits per heavy atom. The molecule has 0 saturated heterocycles. The SMILES string of the molecule is CCCC(=O)Cc1nc(COCC(F)(F)C(F)F)no1. The molecule has 0 aliphatic carbocycles. The summed E-state index contributed by atoms with van der Waals surface area (Å²) < 4.78 is 57.9. The molecule has 0 aliphatic rings. The zero-order valence-corrected chi connectivity index (χ0v) is 10.7. The van der Waals surface area contributed by atoms with E-state index in [0.29, 0.717) is 12.8 Å². The first-order chi connectivity index (χ1) is 9.35. The van der Waals surface area contributed by atoms with Crippen LogP contribution < -0.4 is 0 Å². The number of carbonyl (C=O) groups is 1. The van der Waals surface area contributed by atoms with Crippen molar-refractivity contribution in [1.29, 1.82) is 0 Å². The van der Waals surface area contributed by atoms with Gasteiger partial charge < -0.3 is 9.26 Å². The van der Waals surface area contributed by atoms with E-state index in [1.54, 1.807) is 0 Å². The molecule has 0 aromatic carbocycles. The van der Waals surface area contributed by atoms with Crippen LogP contribution in [0.4, 0.5) is 17.6 Å². The van der Waals surface area contributed by atoms with E-state index in [4.69, 9.17) is 4.52 Å². The smallest absolute Gasteiger partial charge is 0.330 e. The van der Waals surface area contributed by atoms with Gasteiger partial charge in [-0.05, 0) is 6.42 Å². The summed E-state index contributed by atoms with van der Waals surface area (Å²) in [5.74, 6) is -4.34. The van der Waals surface area contributed by atoms with Gasteiger partial charge in [0.05, 0.1) is 6.42 Å². The van der Waals surface area contributed by atoms with Crippen LogP contribution in [0.2, 0.25) is 0 Å². The maximum Gasteiger partial charge on any atom is 0.330 e. The van der Waals surface area contributed by atoms with Crippen molar-refractivity contribution in [2.24, 2.45) is 0 Å². The number of hydrogen-bond acceptors (Lipinski definition) is 5. The summed E-state index contributed by atoms with van der Waals surface area (Å²) in [4.78, 5) is 15.0. The highest BCUT2D eigenvalue weighted by Gasteiger charge is 2.41. The quantitative estimate of drug-likeness (QED) is 0.655. The summed E-state index contributed by atoms with van der Waals surface area (Å²) in [6, 6.07) is 0. The summed E-state index contributed by atoms with van der Waals surface area (Å²) in [7, 11) is 0. The predicted molar refractivity (Wildman–Crippen MR) is 58.5 cm³/mol. The van der Waals surface area contributed by atoms with E-state index >= 15 is 0 Å². The van der Waals surface area contributed by atoms with E-state index in [0.717, 1.165) is 0 Å². The van der Waals surface area contributed by atoms with Gasteiger partial charge in [0.2, 0.25) is 5.89 Å². The van der Waals surface area contributed by atoms with Crippen molar-refractivity contribution in [3.8, 4) is 0 Å². The van der Waals surface area contributed by atoms with E-state index < -0.39 is 25.6 Å². The minimum Gasteiger partial charge on any atom is -0.367 e. The summed E-state index contributed by atoms with van der Waals surface area (Å²) in [5, 5.41) is 3.40. The summed E-state index contributed by atoms with van der Waals surface area (Å²) in [5.41, 5.74) is 0. The molecule has 0 radical (unpaired) electrons. The Kier molecular flexibility index (Phi) is 6.05. The largest absolute Gasteiger partial charge is 0.367 e. The monoisotopic (exact) mass is 298 g/mol. The molecule has 1 aromatic heterocycles. The van der Waals surface area contributed by atoms with Gasteiger partial charge in [-0.1, -0.05) is 12.1 Å².